The fourth-order valence-electron chi connectivity index (χ4n) is 4.50. The molecule has 0 N–H and O–H groups in total. The van der Waals surface area contributed by atoms with Crippen LogP contribution < -0.4 is 9.78 Å². The maximum absolute atomic E-state index is 13.2. The molecule has 0 radical (unpaired) electrons. The normalized spacial score (nSPS) is 16.6. The fourth-order valence-corrected chi connectivity index (χ4v) is 6.58. The van der Waals surface area contributed by atoms with E-state index in [-0.39, 0.29) is 5.91 Å². The minimum atomic E-state index is -0.0486. The van der Waals surface area contributed by atoms with Crippen molar-refractivity contribution in [2.45, 2.75) is 32.4 Å². The standard InChI is InChI=1S/C29H27NO6S2/c1-19(29(31)30-10-14-32-15-11-30)20-2-7-27(37-23-3-5-25-21(16-23)8-12-33-35-25)28(18-20)38-24-4-6-26-22(17-24)9-13-34-36-26/h2-7,16-18H,1,8-15H2. The lowest BCUT2D eigenvalue weighted by Crippen LogP contribution is -2.40. The Labute approximate surface area is 229 Å². The molecular weight excluding hydrogens is 522 g/mol. The molecule has 6 rings (SSSR count). The molecule has 0 spiro atoms. The third kappa shape index (κ3) is 5.57. The van der Waals surface area contributed by atoms with Gasteiger partial charge in [0.25, 0.3) is 5.91 Å². The van der Waals surface area contributed by atoms with E-state index < -0.39 is 0 Å². The minimum Gasteiger partial charge on any atom is -0.378 e. The van der Waals surface area contributed by atoms with Gasteiger partial charge in [-0.1, -0.05) is 36.2 Å². The zero-order chi connectivity index (χ0) is 25.9. The summed E-state index contributed by atoms with van der Waals surface area (Å²) in [7, 11) is 0. The van der Waals surface area contributed by atoms with Crippen LogP contribution in [0.4, 0.5) is 0 Å². The third-order valence-corrected chi connectivity index (χ3v) is 8.82. The topological polar surface area (TPSA) is 66.5 Å². The van der Waals surface area contributed by atoms with Crippen LogP contribution in [0.15, 0.2) is 80.8 Å². The molecule has 3 heterocycles. The number of morpholine rings is 1. The van der Waals surface area contributed by atoms with Gasteiger partial charge in [-0.15, -0.1) is 0 Å². The van der Waals surface area contributed by atoms with E-state index >= 15 is 0 Å². The van der Waals surface area contributed by atoms with Crippen molar-refractivity contribution in [1.82, 2.24) is 4.90 Å². The second kappa shape index (κ2) is 11.4. The van der Waals surface area contributed by atoms with Crippen LogP contribution in [0.1, 0.15) is 16.7 Å². The largest absolute Gasteiger partial charge is 0.378 e. The zero-order valence-electron chi connectivity index (χ0n) is 20.8. The third-order valence-electron chi connectivity index (χ3n) is 6.58. The summed E-state index contributed by atoms with van der Waals surface area (Å²) in [6, 6.07) is 18.4. The van der Waals surface area contributed by atoms with E-state index in [9.17, 15) is 4.79 Å². The first-order chi connectivity index (χ1) is 18.6. The number of amides is 1. The average molecular weight is 550 g/mol. The predicted octanol–water partition coefficient (Wildman–Crippen LogP) is 5.59. The van der Waals surface area contributed by atoms with E-state index in [2.05, 4.69) is 30.8 Å². The summed E-state index contributed by atoms with van der Waals surface area (Å²) >= 11 is 3.35. The summed E-state index contributed by atoms with van der Waals surface area (Å²) in [5.74, 6) is 1.48. The summed E-state index contributed by atoms with van der Waals surface area (Å²) < 4.78 is 5.41. The van der Waals surface area contributed by atoms with Gasteiger partial charge in [0.05, 0.1) is 26.4 Å². The quantitative estimate of drug-likeness (QED) is 0.291. The number of ether oxygens (including phenoxy) is 1. The molecule has 3 aliphatic heterocycles. The van der Waals surface area contributed by atoms with E-state index in [1.54, 1.807) is 23.5 Å². The number of benzene rings is 3. The summed E-state index contributed by atoms with van der Waals surface area (Å²) in [6.45, 7) is 7.53. The second-order valence-electron chi connectivity index (χ2n) is 9.10. The van der Waals surface area contributed by atoms with Gasteiger partial charge in [-0.25, -0.2) is 0 Å². The van der Waals surface area contributed by atoms with Crippen molar-refractivity contribution >= 4 is 35.0 Å². The molecule has 3 aromatic carbocycles. The molecule has 1 saturated heterocycles. The van der Waals surface area contributed by atoms with Gasteiger partial charge in [-0.05, 0) is 54.1 Å². The first-order valence-corrected chi connectivity index (χ1v) is 14.2. The van der Waals surface area contributed by atoms with Gasteiger partial charge in [0.2, 0.25) is 0 Å². The van der Waals surface area contributed by atoms with Crippen molar-refractivity contribution < 1.29 is 29.1 Å². The number of rotatable bonds is 6. The molecular formula is C29H27NO6S2. The molecule has 0 aromatic heterocycles. The van der Waals surface area contributed by atoms with Crippen molar-refractivity contribution in [2.75, 3.05) is 39.5 Å². The number of nitrogens with zero attached hydrogens (tertiary/aromatic N) is 1. The lowest BCUT2D eigenvalue weighted by atomic mass is 10.1. The van der Waals surface area contributed by atoms with Crippen LogP contribution in [0.5, 0.6) is 11.5 Å². The van der Waals surface area contributed by atoms with Crippen LogP contribution in [-0.4, -0.2) is 50.3 Å². The van der Waals surface area contributed by atoms with Crippen LogP contribution in [0.2, 0.25) is 0 Å². The van der Waals surface area contributed by atoms with Crippen molar-refractivity contribution in [3.63, 3.8) is 0 Å². The summed E-state index contributed by atoms with van der Waals surface area (Å²) in [4.78, 5) is 40.2. The van der Waals surface area contributed by atoms with E-state index in [0.717, 1.165) is 60.6 Å². The van der Waals surface area contributed by atoms with Crippen molar-refractivity contribution in [3.05, 3.63) is 77.9 Å². The smallest absolute Gasteiger partial charge is 0.254 e. The highest BCUT2D eigenvalue weighted by Crippen LogP contribution is 2.42. The SMILES string of the molecule is C=C(C(=O)N1CCOCC1)c1ccc(Sc2ccc3c(c2)CCOO3)c(Sc2ccc3c(c2)CCOO3)c1. The first-order valence-electron chi connectivity index (χ1n) is 12.5. The molecule has 3 aliphatic rings. The van der Waals surface area contributed by atoms with E-state index in [4.69, 9.17) is 24.3 Å². The molecule has 0 aliphatic carbocycles. The first kappa shape index (κ1) is 25.3. The highest BCUT2D eigenvalue weighted by atomic mass is 32.2. The van der Waals surface area contributed by atoms with Crippen LogP contribution in [0, 0.1) is 0 Å². The van der Waals surface area contributed by atoms with E-state index in [1.165, 1.54) is 0 Å². The van der Waals surface area contributed by atoms with E-state index in [0.29, 0.717) is 45.1 Å². The predicted molar refractivity (Wildman–Crippen MR) is 145 cm³/mol. The Morgan fingerprint density at radius 1 is 0.737 bits per heavy atom. The lowest BCUT2D eigenvalue weighted by Gasteiger charge is -2.27. The van der Waals surface area contributed by atoms with Crippen LogP contribution in [0.25, 0.3) is 5.57 Å². The van der Waals surface area contributed by atoms with Crippen LogP contribution in [0.3, 0.4) is 0 Å². The van der Waals surface area contributed by atoms with Gasteiger partial charge < -0.3 is 19.4 Å². The van der Waals surface area contributed by atoms with Crippen molar-refractivity contribution in [3.8, 4) is 11.5 Å². The second-order valence-corrected chi connectivity index (χ2v) is 11.3. The minimum absolute atomic E-state index is 0.0486. The Bertz CT molecular complexity index is 1370. The fraction of sp³-hybridized carbons (Fsp3) is 0.276. The molecule has 3 aromatic rings. The number of fused-ring (bicyclic) bond motifs is 2. The van der Waals surface area contributed by atoms with Gasteiger partial charge in [0.1, 0.15) is 0 Å². The average Bonchev–Trinajstić information content (AvgIpc) is 2.97. The van der Waals surface area contributed by atoms with Crippen LogP contribution >= 0.6 is 23.5 Å². The maximum Gasteiger partial charge on any atom is 0.254 e. The number of hydrogen-bond donors (Lipinski definition) is 0. The Hall–Kier alpha value is -2.95. The van der Waals surface area contributed by atoms with Crippen LogP contribution in [-0.2, 0) is 32.1 Å². The highest BCUT2D eigenvalue weighted by Gasteiger charge is 2.22. The Morgan fingerprint density at radius 3 is 1.97 bits per heavy atom. The maximum atomic E-state index is 13.2. The Morgan fingerprint density at radius 2 is 1.34 bits per heavy atom. The van der Waals surface area contributed by atoms with Gasteiger partial charge in [0, 0.05) is 62.2 Å². The van der Waals surface area contributed by atoms with Gasteiger partial charge in [0.15, 0.2) is 11.5 Å². The van der Waals surface area contributed by atoms with E-state index in [1.807, 2.05) is 35.2 Å². The molecule has 9 heteroatoms. The summed E-state index contributed by atoms with van der Waals surface area (Å²) in [5.41, 5.74) is 3.56. The molecule has 0 bridgehead atoms. The van der Waals surface area contributed by atoms with Gasteiger partial charge in [-0.3, -0.25) is 4.79 Å². The molecule has 38 heavy (non-hydrogen) atoms. The van der Waals surface area contributed by atoms with Gasteiger partial charge in [-0.2, -0.15) is 9.78 Å². The zero-order valence-corrected chi connectivity index (χ0v) is 22.4. The number of carbonyl (C=O) groups excluding carboxylic acids is 1. The molecule has 0 unspecified atom stereocenters. The molecule has 1 fully saturated rings. The monoisotopic (exact) mass is 549 g/mol. The summed E-state index contributed by atoms with van der Waals surface area (Å²) in [6.07, 6.45) is 1.62. The number of carbonyl (C=O) groups is 1. The summed E-state index contributed by atoms with van der Waals surface area (Å²) in [5, 5.41) is 0. The Kier molecular flexibility index (Phi) is 7.62. The molecule has 0 saturated carbocycles. The molecule has 196 valence electrons. The molecule has 7 nitrogen and oxygen atoms in total. The van der Waals surface area contributed by atoms with Crippen molar-refractivity contribution in [2.24, 2.45) is 0 Å². The Balaban J connectivity index is 1.31. The number of hydrogen-bond acceptors (Lipinski definition) is 8. The molecule has 1 amide bonds. The van der Waals surface area contributed by atoms with Gasteiger partial charge >= 0.3 is 0 Å². The van der Waals surface area contributed by atoms with Crippen molar-refractivity contribution in [1.29, 1.82) is 0 Å². The lowest BCUT2D eigenvalue weighted by molar-refractivity contribution is -0.215. The highest BCUT2D eigenvalue weighted by molar-refractivity contribution is 8.02. The molecule has 0 atom stereocenters.